The normalized spacial score (nSPS) is 16.9. The predicted octanol–water partition coefficient (Wildman–Crippen LogP) is 3.72. The van der Waals surface area contributed by atoms with Gasteiger partial charge in [0.1, 0.15) is 17.2 Å². The van der Waals surface area contributed by atoms with Crippen LogP contribution in [0.4, 0.5) is 0 Å². The number of nitrogens with one attached hydrogen (secondary N) is 1. The second-order valence-corrected chi connectivity index (χ2v) is 9.85. The Labute approximate surface area is 235 Å². The number of hydrogen-bond acceptors (Lipinski definition) is 7. The van der Waals surface area contributed by atoms with Crippen LogP contribution in [0, 0.1) is 20.8 Å². The Morgan fingerprint density at radius 1 is 1.03 bits per heavy atom. The number of rotatable bonds is 12. The van der Waals surface area contributed by atoms with Gasteiger partial charge in [-0.1, -0.05) is 12.1 Å². The molecule has 2 aromatic carbocycles. The topological polar surface area (TPSA) is 73.9 Å². The molecule has 0 saturated carbocycles. The van der Waals surface area contributed by atoms with Crippen molar-refractivity contribution in [2.75, 3.05) is 26.7 Å². The van der Waals surface area contributed by atoms with Gasteiger partial charge in [-0.25, -0.2) is 0 Å². The second-order valence-electron chi connectivity index (χ2n) is 8.63. The number of aldehydes is 1. The molecular formula is C27H36NNaO5S. The number of carbonyl (C=O) groups is 2. The van der Waals surface area contributed by atoms with Crippen LogP contribution in [0.1, 0.15) is 40.7 Å². The quantitative estimate of drug-likeness (QED) is 0.202. The SMILES string of the molecule is COc1c(C)c(C)c(OC)c(CCCCOc2ccc(CC3SCNC3C(=O)C=O)cc2)c1C.[NaH]. The van der Waals surface area contributed by atoms with Crippen molar-refractivity contribution in [3.05, 3.63) is 52.1 Å². The average molecular weight is 510 g/mol. The van der Waals surface area contributed by atoms with Crippen molar-refractivity contribution < 1.29 is 23.8 Å². The van der Waals surface area contributed by atoms with Gasteiger partial charge in [0, 0.05) is 16.7 Å². The van der Waals surface area contributed by atoms with Gasteiger partial charge in [-0.05, 0) is 80.8 Å². The van der Waals surface area contributed by atoms with Crippen LogP contribution >= 0.6 is 11.8 Å². The molecule has 0 aliphatic carbocycles. The van der Waals surface area contributed by atoms with E-state index in [1.807, 2.05) is 24.3 Å². The summed E-state index contributed by atoms with van der Waals surface area (Å²) in [7, 11) is 3.45. The van der Waals surface area contributed by atoms with Crippen LogP contribution in [0.3, 0.4) is 0 Å². The minimum atomic E-state index is -0.391. The number of thioether (sulfide) groups is 1. The third-order valence-corrected chi connectivity index (χ3v) is 7.76. The average Bonchev–Trinajstić information content (AvgIpc) is 3.31. The number of Topliss-reactive ketones (excluding diaryl/α,β-unsaturated/α-hetero) is 1. The van der Waals surface area contributed by atoms with E-state index in [0.717, 1.165) is 65.2 Å². The zero-order chi connectivity index (χ0) is 24.7. The molecule has 186 valence electrons. The molecule has 0 radical (unpaired) electrons. The molecule has 1 fully saturated rings. The van der Waals surface area contributed by atoms with Crippen LogP contribution in [0.5, 0.6) is 17.2 Å². The molecule has 1 saturated heterocycles. The summed E-state index contributed by atoms with van der Waals surface area (Å²) in [6.45, 7) is 6.88. The number of unbranched alkanes of at least 4 members (excludes halogenated alkanes) is 1. The Balaban J connectivity index is 0.00000432. The Hall–Kier alpha value is -1.51. The first kappa shape index (κ1) is 29.7. The molecule has 0 amide bonds. The first-order valence-corrected chi connectivity index (χ1v) is 12.7. The van der Waals surface area contributed by atoms with Crippen molar-refractivity contribution >= 4 is 53.4 Å². The van der Waals surface area contributed by atoms with E-state index in [1.54, 1.807) is 26.0 Å². The number of benzene rings is 2. The number of hydrogen-bond donors (Lipinski definition) is 1. The van der Waals surface area contributed by atoms with Gasteiger partial charge in [-0.15, -0.1) is 11.8 Å². The van der Waals surface area contributed by atoms with Gasteiger partial charge in [-0.3, -0.25) is 14.9 Å². The molecule has 0 spiro atoms. The number of ketones is 1. The van der Waals surface area contributed by atoms with Gasteiger partial charge in [-0.2, -0.15) is 0 Å². The zero-order valence-corrected chi connectivity index (χ0v) is 21.6. The molecule has 3 rings (SSSR count). The van der Waals surface area contributed by atoms with Crippen molar-refractivity contribution in [3.8, 4) is 17.2 Å². The van der Waals surface area contributed by atoms with Crippen molar-refractivity contribution in [2.45, 2.75) is 57.7 Å². The molecule has 6 nitrogen and oxygen atoms in total. The molecule has 8 heteroatoms. The molecule has 2 atom stereocenters. The van der Waals surface area contributed by atoms with E-state index in [4.69, 9.17) is 14.2 Å². The molecule has 2 unspecified atom stereocenters. The maximum atomic E-state index is 11.8. The molecule has 1 heterocycles. The molecule has 1 aliphatic rings. The molecule has 1 N–H and O–H groups in total. The van der Waals surface area contributed by atoms with Crippen LogP contribution < -0.4 is 19.5 Å². The summed E-state index contributed by atoms with van der Waals surface area (Å²) in [5.74, 6) is 3.06. The van der Waals surface area contributed by atoms with E-state index >= 15 is 0 Å². The Kier molecular flexibility index (Phi) is 12.1. The van der Waals surface area contributed by atoms with E-state index in [-0.39, 0.29) is 40.6 Å². The fourth-order valence-corrected chi connectivity index (χ4v) is 5.82. The molecule has 35 heavy (non-hydrogen) atoms. The number of ether oxygens (including phenoxy) is 3. The minimum absolute atomic E-state index is 0. The number of methoxy groups -OCH3 is 2. The van der Waals surface area contributed by atoms with E-state index < -0.39 is 6.04 Å². The maximum absolute atomic E-state index is 11.8. The van der Waals surface area contributed by atoms with Gasteiger partial charge in [0.25, 0.3) is 0 Å². The molecular weight excluding hydrogens is 473 g/mol. The fourth-order valence-electron chi connectivity index (χ4n) is 4.59. The van der Waals surface area contributed by atoms with Crippen LogP contribution in [-0.4, -0.2) is 79.6 Å². The van der Waals surface area contributed by atoms with Crippen LogP contribution in [0.25, 0.3) is 0 Å². The van der Waals surface area contributed by atoms with Crippen LogP contribution in [-0.2, 0) is 22.4 Å². The summed E-state index contributed by atoms with van der Waals surface area (Å²) in [5, 5.41) is 3.18. The summed E-state index contributed by atoms with van der Waals surface area (Å²) >= 11 is 1.68. The third-order valence-electron chi connectivity index (χ3n) is 6.56. The standard InChI is InChI=1S/C27H35NO5S.Na.H/c1-17-18(2)27(32-5)22(19(3)26(17)31-4)8-6-7-13-33-21-11-9-20(10-12-21)14-24-25(23(30)15-29)28-16-34-24;;/h9-12,15,24-25,28H,6-8,13-14,16H2,1-5H3;;. The van der Waals surface area contributed by atoms with Crippen molar-refractivity contribution in [2.24, 2.45) is 0 Å². The monoisotopic (exact) mass is 509 g/mol. The second kappa shape index (κ2) is 14.3. The summed E-state index contributed by atoms with van der Waals surface area (Å²) in [4.78, 5) is 22.6. The van der Waals surface area contributed by atoms with Gasteiger partial charge in [0.05, 0.1) is 26.9 Å². The summed E-state index contributed by atoms with van der Waals surface area (Å²) < 4.78 is 17.3. The first-order valence-electron chi connectivity index (χ1n) is 11.7. The van der Waals surface area contributed by atoms with Crippen molar-refractivity contribution in [1.82, 2.24) is 5.32 Å². The summed E-state index contributed by atoms with van der Waals surface area (Å²) in [6.07, 6.45) is 3.98. The Morgan fingerprint density at radius 3 is 2.31 bits per heavy atom. The summed E-state index contributed by atoms with van der Waals surface area (Å²) in [6, 6.07) is 7.62. The molecule has 1 aliphatic heterocycles. The third kappa shape index (κ3) is 7.26. The Bertz CT molecular complexity index is 1010. The van der Waals surface area contributed by atoms with Gasteiger partial charge >= 0.3 is 29.6 Å². The molecule has 0 bridgehead atoms. The van der Waals surface area contributed by atoms with E-state index in [1.165, 1.54) is 5.56 Å². The molecule has 0 aromatic heterocycles. The molecule has 2 aromatic rings. The van der Waals surface area contributed by atoms with Crippen molar-refractivity contribution in [3.63, 3.8) is 0 Å². The van der Waals surface area contributed by atoms with Crippen LogP contribution in [0.2, 0.25) is 0 Å². The zero-order valence-electron chi connectivity index (χ0n) is 20.7. The van der Waals surface area contributed by atoms with Gasteiger partial charge in [0.2, 0.25) is 5.78 Å². The Morgan fingerprint density at radius 2 is 1.69 bits per heavy atom. The van der Waals surface area contributed by atoms with E-state index in [2.05, 4.69) is 26.1 Å². The fraction of sp³-hybridized carbons (Fsp3) is 0.481. The van der Waals surface area contributed by atoms with Gasteiger partial charge < -0.3 is 14.2 Å². The first-order chi connectivity index (χ1) is 16.4. The summed E-state index contributed by atoms with van der Waals surface area (Å²) in [5.41, 5.74) is 5.73. The van der Waals surface area contributed by atoms with Gasteiger partial charge in [0.15, 0.2) is 6.29 Å². The van der Waals surface area contributed by atoms with E-state index in [9.17, 15) is 9.59 Å². The van der Waals surface area contributed by atoms with Crippen molar-refractivity contribution in [1.29, 1.82) is 0 Å². The number of carbonyl (C=O) groups excluding carboxylic acids is 2. The van der Waals surface area contributed by atoms with E-state index in [0.29, 0.717) is 18.8 Å². The predicted molar refractivity (Wildman–Crippen MR) is 144 cm³/mol. The van der Waals surface area contributed by atoms with Crippen LogP contribution in [0.15, 0.2) is 24.3 Å².